The minimum Gasteiger partial charge on any atom is -0.497 e. The third kappa shape index (κ3) is 4.83. The van der Waals surface area contributed by atoms with Gasteiger partial charge < -0.3 is 19.4 Å². The van der Waals surface area contributed by atoms with Gasteiger partial charge in [0.2, 0.25) is 11.8 Å². The Labute approximate surface area is 212 Å². The zero-order valence-corrected chi connectivity index (χ0v) is 21.2. The molecular formula is C27H35N5O4. The zero-order valence-electron chi connectivity index (χ0n) is 21.2. The monoisotopic (exact) mass is 493 g/mol. The number of ether oxygens (including phenoxy) is 1. The van der Waals surface area contributed by atoms with E-state index in [1.807, 2.05) is 41.1 Å². The van der Waals surface area contributed by atoms with E-state index in [9.17, 15) is 14.4 Å². The summed E-state index contributed by atoms with van der Waals surface area (Å²) in [7, 11) is 3.48. The fraction of sp³-hybridized carbons (Fsp3) is 0.556. The zero-order chi connectivity index (χ0) is 25.2. The Kier molecular flexibility index (Phi) is 6.98. The summed E-state index contributed by atoms with van der Waals surface area (Å²) < 4.78 is 6.98. The summed E-state index contributed by atoms with van der Waals surface area (Å²) in [6.07, 6.45) is 4.74. The molecule has 3 aliphatic rings. The molecule has 0 aliphatic carbocycles. The number of hydrogen-bond donors (Lipinski definition) is 0. The SMILES string of the molecule is COc1ccc(CC(=O)N2CCc3c(c(C(=O)N4CCCC(C(=O)N5CCCC5)C4)nn3C)C2)cc1. The van der Waals surface area contributed by atoms with Crippen LogP contribution in [0.3, 0.4) is 0 Å². The van der Waals surface area contributed by atoms with Crippen molar-refractivity contribution in [1.82, 2.24) is 24.5 Å². The first-order chi connectivity index (χ1) is 17.4. The van der Waals surface area contributed by atoms with Gasteiger partial charge in [-0.1, -0.05) is 12.1 Å². The lowest BCUT2D eigenvalue weighted by atomic mass is 9.95. The Morgan fingerprint density at radius 2 is 1.69 bits per heavy atom. The summed E-state index contributed by atoms with van der Waals surface area (Å²) in [5.41, 5.74) is 3.19. The number of aromatic nitrogens is 2. The molecule has 9 heteroatoms. The van der Waals surface area contributed by atoms with Crippen LogP contribution in [0.1, 0.15) is 53.0 Å². The Morgan fingerprint density at radius 1 is 0.972 bits per heavy atom. The molecule has 4 heterocycles. The summed E-state index contributed by atoms with van der Waals surface area (Å²) in [5.74, 6) is 0.707. The third-order valence-corrected chi connectivity index (χ3v) is 7.79. The van der Waals surface area contributed by atoms with Gasteiger partial charge >= 0.3 is 0 Å². The minimum atomic E-state index is -0.136. The van der Waals surface area contributed by atoms with E-state index >= 15 is 0 Å². The standard InChI is InChI=1S/C27H35N5O4/c1-29-23-11-15-31(24(33)16-19-7-9-21(36-2)10-8-19)18-22(23)25(28-29)27(35)32-14-5-6-20(17-32)26(34)30-12-3-4-13-30/h7-10,20H,3-6,11-18H2,1-2H3. The number of carbonyl (C=O) groups excluding carboxylic acids is 3. The molecule has 2 saturated heterocycles. The second-order valence-corrected chi connectivity index (χ2v) is 10.1. The number of benzene rings is 1. The fourth-order valence-corrected chi connectivity index (χ4v) is 5.72. The number of carbonyl (C=O) groups is 3. The van der Waals surface area contributed by atoms with Crippen LogP contribution in [0.4, 0.5) is 0 Å². The highest BCUT2D eigenvalue weighted by atomic mass is 16.5. The first-order valence-corrected chi connectivity index (χ1v) is 13.0. The molecule has 0 N–H and O–H groups in total. The highest BCUT2D eigenvalue weighted by Crippen LogP contribution is 2.27. The van der Waals surface area contributed by atoms with E-state index in [2.05, 4.69) is 5.10 Å². The lowest BCUT2D eigenvalue weighted by Gasteiger charge is -2.34. The molecule has 5 rings (SSSR count). The number of nitrogens with zero attached hydrogens (tertiary/aromatic N) is 5. The van der Waals surface area contributed by atoms with Crippen molar-refractivity contribution < 1.29 is 19.1 Å². The first kappa shape index (κ1) is 24.3. The maximum Gasteiger partial charge on any atom is 0.274 e. The molecule has 1 aromatic carbocycles. The van der Waals surface area contributed by atoms with Crippen molar-refractivity contribution in [2.75, 3.05) is 39.8 Å². The predicted molar refractivity (Wildman–Crippen MR) is 133 cm³/mol. The van der Waals surface area contributed by atoms with Gasteiger partial charge in [0, 0.05) is 64.0 Å². The van der Waals surface area contributed by atoms with Crippen molar-refractivity contribution in [2.24, 2.45) is 13.0 Å². The van der Waals surface area contributed by atoms with E-state index in [-0.39, 0.29) is 23.6 Å². The number of fused-ring (bicyclic) bond motifs is 1. The van der Waals surface area contributed by atoms with Gasteiger partial charge in [0.25, 0.3) is 5.91 Å². The van der Waals surface area contributed by atoms with Crippen LogP contribution in [0, 0.1) is 5.92 Å². The molecule has 3 amide bonds. The number of likely N-dealkylation sites (tertiary alicyclic amines) is 2. The van der Waals surface area contributed by atoms with Gasteiger partial charge in [0.1, 0.15) is 5.75 Å². The number of amides is 3. The number of piperidine rings is 1. The summed E-state index contributed by atoms with van der Waals surface area (Å²) >= 11 is 0. The fourth-order valence-electron chi connectivity index (χ4n) is 5.72. The van der Waals surface area contributed by atoms with Crippen molar-refractivity contribution >= 4 is 17.7 Å². The van der Waals surface area contributed by atoms with Gasteiger partial charge in [-0.3, -0.25) is 19.1 Å². The van der Waals surface area contributed by atoms with Crippen LogP contribution in [-0.4, -0.2) is 82.0 Å². The van der Waals surface area contributed by atoms with Gasteiger partial charge in [-0.05, 0) is 43.4 Å². The minimum absolute atomic E-state index is 0.0299. The van der Waals surface area contributed by atoms with Crippen molar-refractivity contribution in [3.05, 3.63) is 46.8 Å². The van der Waals surface area contributed by atoms with Crippen molar-refractivity contribution in [2.45, 2.75) is 45.1 Å². The molecule has 0 spiro atoms. The molecule has 2 fully saturated rings. The molecule has 0 bridgehead atoms. The van der Waals surface area contributed by atoms with Crippen LogP contribution in [0.25, 0.3) is 0 Å². The maximum atomic E-state index is 13.6. The number of hydrogen-bond acceptors (Lipinski definition) is 5. The summed E-state index contributed by atoms with van der Waals surface area (Å²) in [5, 5.41) is 4.59. The summed E-state index contributed by atoms with van der Waals surface area (Å²) in [6.45, 7) is 3.72. The van der Waals surface area contributed by atoms with Crippen LogP contribution in [-0.2, 0) is 36.0 Å². The van der Waals surface area contributed by atoms with Gasteiger partial charge in [-0.15, -0.1) is 0 Å². The molecule has 9 nitrogen and oxygen atoms in total. The van der Waals surface area contributed by atoms with E-state index in [1.165, 1.54) is 0 Å². The van der Waals surface area contributed by atoms with Crippen LogP contribution in [0.15, 0.2) is 24.3 Å². The summed E-state index contributed by atoms with van der Waals surface area (Å²) in [6, 6.07) is 7.52. The van der Waals surface area contributed by atoms with Gasteiger partial charge in [0.05, 0.1) is 19.4 Å². The van der Waals surface area contributed by atoms with Crippen molar-refractivity contribution in [3.63, 3.8) is 0 Å². The van der Waals surface area contributed by atoms with Gasteiger partial charge in [-0.25, -0.2) is 0 Å². The van der Waals surface area contributed by atoms with E-state index in [0.29, 0.717) is 44.7 Å². The first-order valence-electron chi connectivity index (χ1n) is 13.0. The topological polar surface area (TPSA) is 88.0 Å². The van der Waals surface area contributed by atoms with Crippen molar-refractivity contribution in [3.8, 4) is 5.75 Å². The largest absolute Gasteiger partial charge is 0.497 e. The molecule has 1 aromatic heterocycles. The quantitative estimate of drug-likeness (QED) is 0.636. The Hall–Kier alpha value is -3.36. The third-order valence-electron chi connectivity index (χ3n) is 7.79. The average molecular weight is 494 g/mol. The molecule has 1 unspecified atom stereocenters. The Morgan fingerprint density at radius 3 is 2.42 bits per heavy atom. The lowest BCUT2D eigenvalue weighted by Crippen LogP contribution is -2.46. The molecular weight excluding hydrogens is 458 g/mol. The smallest absolute Gasteiger partial charge is 0.274 e. The molecule has 192 valence electrons. The lowest BCUT2D eigenvalue weighted by molar-refractivity contribution is -0.136. The van der Waals surface area contributed by atoms with Crippen LogP contribution in [0.2, 0.25) is 0 Å². The number of methoxy groups -OCH3 is 1. The number of rotatable bonds is 5. The Bertz CT molecular complexity index is 1140. The number of aryl methyl sites for hydroxylation is 1. The van der Waals surface area contributed by atoms with Crippen molar-refractivity contribution in [1.29, 1.82) is 0 Å². The molecule has 0 radical (unpaired) electrons. The second-order valence-electron chi connectivity index (χ2n) is 10.1. The molecule has 36 heavy (non-hydrogen) atoms. The van der Waals surface area contributed by atoms with E-state index in [0.717, 1.165) is 61.3 Å². The van der Waals surface area contributed by atoms with E-state index in [4.69, 9.17) is 4.74 Å². The molecule has 1 atom stereocenters. The average Bonchev–Trinajstić information content (AvgIpc) is 3.56. The highest BCUT2D eigenvalue weighted by molar-refractivity contribution is 5.95. The molecule has 0 saturated carbocycles. The molecule has 3 aliphatic heterocycles. The van der Waals surface area contributed by atoms with Crippen LogP contribution < -0.4 is 4.74 Å². The van der Waals surface area contributed by atoms with Gasteiger partial charge in [-0.2, -0.15) is 5.10 Å². The van der Waals surface area contributed by atoms with Crippen LogP contribution >= 0.6 is 0 Å². The maximum absolute atomic E-state index is 13.6. The Balaban J connectivity index is 1.28. The van der Waals surface area contributed by atoms with E-state index in [1.54, 1.807) is 16.7 Å². The van der Waals surface area contributed by atoms with E-state index < -0.39 is 0 Å². The normalized spacial score (nSPS) is 19.8. The highest BCUT2D eigenvalue weighted by Gasteiger charge is 2.36. The summed E-state index contributed by atoms with van der Waals surface area (Å²) in [4.78, 5) is 45.2. The van der Waals surface area contributed by atoms with Gasteiger partial charge in [0.15, 0.2) is 5.69 Å². The second kappa shape index (κ2) is 10.3. The van der Waals surface area contributed by atoms with Crippen LogP contribution in [0.5, 0.6) is 5.75 Å². The molecule has 2 aromatic rings. The predicted octanol–water partition coefficient (Wildman–Crippen LogP) is 2.03.